The molecule has 0 amide bonds. The van der Waals surface area contributed by atoms with E-state index in [1.807, 2.05) is 0 Å². The number of nitrogens with zero attached hydrogens (tertiary/aromatic N) is 4. The molecule has 0 spiro atoms. The van der Waals surface area contributed by atoms with Crippen molar-refractivity contribution in [2.75, 3.05) is 25.3 Å². The molecule has 1 atom stereocenters. The number of nitrogen functional groups attached to an aromatic ring is 1. The van der Waals surface area contributed by atoms with Gasteiger partial charge in [-0.15, -0.1) is 6.42 Å². The van der Waals surface area contributed by atoms with Gasteiger partial charge < -0.3 is 24.1 Å². The average molecular weight is 363 g/mol. The molecule has 1 aliphatic heterocycles. The standard InChI is InChI=1S/C11H15N5O4P.V/c12-10-9-11(14-6-13-10)16(7-15-9)2-5-18-8-21(17)19-3-1-4-20-21;/h3,6-7H,1-2,4-5,8H2,(H2,12,13,14);/q-1;. The van der Waals surface area contributed by atoms with Crippen molar-refractivity contribution < 1.29 is 36.9 Å². The van der Waals surface area contributed by atoms with Crippen molar-refractivity contribution in [3.63, 3.8) is 0 Å². The molecule has 0 aromatic carbocycles. The molecule has 1 radical (unpaired) electrons. The smallest absolute Gasteiger partial charge is 0.325 e. The molecule has 9 nitrogen and oxygen atoms in total. The maximum Gasteiger partial charge on any atom is 0.325 e. The molecule has 1 unspecified atom stereocenters. The second kappa shape index (κ2) is 7.54. The fourth-order valence-electron chi connectivity index (χ4n) is 1.91. The van der Waals surface area contributed by atoms with Crippen LogP contribution in [0.25, 0.3) is 11.2 Å². The minimum atomic E-state index is -3.12. The van der Waals surface area contributed by atoms with Crippen LogP contribution in [0.2, 0.25) is 0 Å². The van der Waals surface area contributed by atoms with E-state index in [2.05, 4.69) is 15.0 Å². The number of hydrogen-bond donors (Lipinski definition) is 1. The topological polar surface area (TPSA) is 114 Å². The van der Waals surface area contributed by atoms with Gasteiger partial charge in [-0.3, -0.25) is 4.57 Å². The maximum absolute atomic E-state index is 12.0. The summed E-state index contributed by atoms with van der Waals surface area (Å²) in [4.78, 5) is 12.2. The van der Waals surface area contributed by atoms with Gasteiger partial charge in [-0.25, -0.2) is 15.0 Å². The van der Waals surface area contributed by atoms with E-state index in [1.165, 1.54) is 12.9 Å². The van der Waals surface area contributed by atoms with E-state index in [-0.39, 0.29) is 24.9 Å². The maximum atomic E-state index is 12.0. The minimum Gasteiger partial charge on any atom is -0.484 e. The van der Waals surface area contributed by atoms with Crippen LogP contribution in [0.5, 0.6) is 0 Å². The molecule has 22 heavy (non-hydrogen) atoms. The van der Waals surface area contributed by atoms with E-state index in [9.17, 15) is 4.57 Å². The fourth-order valence-corrected chi connectivity index (χ4v) is 3.17. The molecule has 2 aromatic rings. The molecule has 1 aliphatic rings. The molecule has 3 heterocycles. The van der Waals surface area contributed by atoms with Crippen molar-refractivity contribution in [2.24, 2.45) is 0 Å². The summed E-state index contributed by atoms with van der Waals surface area (Å²) in [6.45, 7) is 2.71. The summed E-state index contributed by atoms with van der Waals surface area (Å²) in [6.07, 6.45) is 3.55. The Hall–Kier alpha value is -0.956. The first-order valence-corrected chi connectivity index (χ1v) is 8.13. The molecule has 0 saturated carbocycles. The Morgan fingerprint density at radius 2 is 2.32 bits per heavy atom. The molecule has 0 bridgehead atoms. The van der Waals surface area contributed by atoms with Crippen LogP contribution < -0.4 is 5.73 Å². The van der Waals surface area contributed by atoms with E-state index in [0.29, 0.717) is 43.2 Å². The third-order valence-corrected chi connectivity index (χ3v) is 4.46. The second-order valence-corrected chi connectivity index (χ2v) is 6.36. The molecular formula is C11H15N5O4PV-. The third-order valence-electron chi connectivity index (χ3n) is 2.91. The Morgan fingerprint density at radius 1 is 1.45 bits per heavy atom. The third kappa shape index (κ3) is 3.87. The average Bonchev–Trinajstić information content (AvgIpc) is 2.89. The number of imidazole rings is 1. The zero-order valence-corrected chi connectivity index (χ0v) is 14.0. The van der Waals surface area contributed by atoms with Crippen molar-refractivity contribution in [3.05, 3.63) is 19.3 Å². The van der Waals surface area contributed by atoms with Crippen molar-refractivity contribution in [1.82, 2.24) is 19.5 Å². The van der Waals surface area contributed by atoms with Gasteiger partial charge in [-0.1, -0.05) is 0 Å². The first-order valence-electron chi connectivity index (χ1n) is 6.41. The Kier molecular flexibility index (Phi) is 5.97. The molecule has 11 heteroatoms. The van der Waals surface area contributed by atoms with Gasteiger partial charge in [0.05, 0.1) is 12.9 Å². The molecule has 1 fully saturated rings. The van der Waals surface area contributed by atoms with Crippen LogP contribution in [-0.2, 0) is 43.4 Å². The van der Waals surface area contributed by atoms with Gasteiger partial charge in [-0.05, 0) is 0 Å². The van der Waals surface area contributed by atoms with Gasteiger partial charge >= 0.3 is 7.60 Å². The van der Waals surface area contributed by atoms with E-state index in [1.54, 1.807) is 10.9 Å². The Labute approximate surface area is 139 Å². The molecule has 2 N–H and O–H groups in total. The Morgan fingerprint density at radius 3 is 3.09 bits per heavy atom. The van der Waals surface area contributed by atoms with Gasteiger partial charge in [0.1, 0.15) is 18.2 Å². The zero-order valence-electron chi connectivity index (χ0n) is 11.7. The predicted octanol–water partition coefficient (Wildman–Crippen LogP) is 1.17. The molecule has 1 saturated heterocycles. The van der Waals surface area contributed by atoms with Crippen LogP contribution in [0.4, 0.5) is 5.82 Å². The SMILES string of the molecule is Nc1ncnc2c1ncn2CCOCP1(=O)O[CH-]CCO1.[V]. The van der Waals surface area contributed by atoms with Crippen LogP contribution in [0.15, 0.2) is 12.7 Å². The monoisotopic (exact) mass is 363 g/mol. The Bertz CT molecular complexity index is 672. The van der Waals surface area contributed by atoms with Crippen molar-refractivity contribution in [3.8, 4) is 0 Å². The first kappa shape index (κ1) is 17.4. The largest absolute Gasteiger partial charge is 0.484 e. The zero-order chi connectivity index (χ0) is 14.7. The number of hydrogen-bond acceptors (Lipinski definition) is 8. The van der Waals surface area contributed by atoms with Gasteiger partial charge in [0.15, 0.2) is 11.5 Å². The number of rotatable bonds is 5. The summed E-state index contributed by atoms with van der Waals surface area (Å²) in [5, 5.41) is 0. The molecule has 0 aliphatic carbocycles. The van der Waals surface area contributed by atoms with Crippen LogP contribution >= 0.6 is 7.60 Å². The normalized spacial score (nSPS) is 21.6. The summed E-state index contributed by atoms with van der Waals surface area (Å²) < 4.78 is 29.3. The predicted molar refractivity (Wildman–Crippen MR) is 74.1 cm³/mol. The quantitative estimate of drug-likeness (QED) is 0.478. The number of ether oxygens (including phenoxy) is 1. The van der Waals surface area contributed by atoms with Gasteiger partial charge in [0.2, 0.25) is 0 Å². The van der Waals surface area contributed by atoms with Crippen molar-refractivity contribution >= 4 is 24.6 Å². The van der Waals surface area contributed by atoms with E-state index in [4.69, 9.17) is 19.5 Å². The minimum absolute atomic E-state index is 0. The summed E-state index contributed by atoms with van der Waals surface area (Å²) in [7, 11) is -3.12. The number of fused-ring (bicyclic) bond motifs is 1. The van der Waals surface area contributed by atoms with E-state index in [0.717, 1.165) is 0 Å². The summed E-state index contributed by atoms with van der Waals surface area (Å²) in [6, 6.07) is 0. The molecule has 2 aromatic heterocycles. The molecular weight excluding hydrogens is 348 g/mol. The first-order chi connectivity index (χ1) is 10.2. The summed E-state index contributed by atoms with van der Waals surface area (Å²) in [5.41, 5.74) is 6.90. The summed E-state index contributed by atoms with van der Waals surface area (Å²) >= 11 is 0. The van der Waals surface area contributed by atoms with E-state index < -0.39 is 7.60 Å². The van der Waals surface area contributed by atoms with E-state index >= 15 is 0 Å². The molecule has 3 rings (SSSR count). The Balaban J connectivity index is 0.00000176. The van der Waals surface area contributed by atoms with Crippen LogP contribution in [0.3, 0.4) is 0 Å². The summed E-state index contributed by atoms with van der Waals surface area (Å²) in [5.74, 6) is 0.337. The van der Waals surface area contributed by atoms with Crippen LogP contribution in [0, 0.1) is 6.61 Å². The van der Waals surface area contributed by atoms with Gasteiger partial charge in [0.25, 0.3) is 0 Å². The van der Waals surface area contributed by atoms with Gasteiger partial charge in [0, 0.05) is 31.7 Å². The van der Waals surface area contributed by atoms with Crippen LogP contribution in [-0.4, -0.2) is 39.1 Å². The van der Waals surface area contributed by atoms with Gasteiger partial charge in [-0.2, -0.15) is 6.61 Å². The van der Waals surface area contributed by atoms with Crippen LogP contribution in [0.1, 0.15) is 6.42 Å². The number of aromatic nitrogens is 4. The van der Waals surface area contributed by atoms with Crippen molar-refractivity contribution in [1.29, 1.82) is 0 Å². The second-order valence-electron chi connectivity index (χ2n) is 4.41. The molecule has 119 valence electrons. The van der Waals surface area contributed by atoms with Crippen molar-refractivity contribution in [2.45, 2.75) is 13.0 Å². The number of anilines is 1. The fraction of sp³-hybridized carbons (Fsp3) is 0.455. The number of nitrogens with two attached hydrogens (primary N) is 1.